The lowest BCUT2D eigenvalue weighted by atomic mass is 9.97. The van der Waals surface area contributed by atoms with Crippen molar-refractivity contribution < 1.29 is 13.5 Å². The van der Waals surface area contributed by atoms with Gasteiger partial charge in [-0.25, -0.2) is 8.42 Å². The van der Waals surface area contributed by atoms with E-state index in [0.29, 0.717) is 25.2 Å². The molecule has 1 aliphatic rings. The summed E-state index contributed by atoms with van der Waals surface area (Å²) >= 11 is 0. The minimum atomic E-state index is -3.44. The zero-order valence-corrected chi connectivity index (χ0v) is 11.3. The molecular weight excluding hydrogens is 254 g/mol. The van der Waals surface area contributed by atoms with Crippen LogP contribution in [-0.2, 0) is 10.0 Å². The van der Waals surface area contributed by atoms with Gasteiger partial charge in [0.25, 0.3) is 0 Å². The molecule has 1 fully saturated rings. The van der Waals surface area contributed by atoms with Crippen LogP contribution in [0.3, 0.4) is 0 Å². The topological polar surface area (TPSA) is 86.3 Å². The molecule has 0 aliphatic carbocycles. The molecule has 0 spiro atoms. The standard InChI is InChI=1S/C11H19N3O3S/c1-9-11(7-12-13-9)18(16,17)14-5-2-3-10(8-14)4-6-15/h7,10,15H,2-6,8H2,1H3,(H,12,13). The first-order valence-corrected chi connectivity index (χ1v) is 7.60. The van der Waals surface area contributed by atoms with Crippen LogP contribution in [0.5, 0.6) is 0 Å². The van der Waals surface area contributed by atoms with Gasteiger partial charge in [-0.05, 0) is 32.1 Å². The number of aliphatic hydroxyl groups is 1. The Morgan fingerprint density at radius 1 is 1.61 bits per heavy atom. The number of rotatable bonds is 4. The average Bonchev–Trinajstić information content (AvgIpc) is 2.77. The van der Waals surface area contributed by atoms with E-state index in [4.69, 9.17) is 5.11 Å². The predicted molar refractivity (Wildman–Crippen MR) is 66.5 cm³/mol. The van der Waals surface area contributed by atoms with Crippen molar-refractivity contribution in [3.8, 4) is 0 Å². The highest BCUT2D eigenvalue weighted by molar-refractivity contribution is 7.89. The van der Waals surface area contributed by atoms with Gasteiger partial charge in [0, 0.05) is 19.7 Å². The second-order valence-electron chi connectivity index (χ2n) is 4.74. The van der Waals surface area contributed by atoms with E-state index in [1.54, 1.807) is 6.92 Å². The van der Waals surface area contributed by atoms with Crippen LogP contribution in [0.2, 0.25) is 0 Å². The molecule has 1 aromatic heterocycles. The molecule has 0 radical (unpaired) electrons. The molecule has 1 aromatic rings. The number of nitrogens with zero attached hydrogens (tertiary/aromatic N) is 2. The third-order valence-corrected chi connectivity index (χ3v) is 5.40. The Hall–Kier alpha value is -0.920. The molecule has 0 amide bonds. The second-order valence-corrected chi connectivity index (χ2v) is 6.65. The number of H-pyrrole nitrogens is 1. The molecule has 1 unspecified atom stereocenters. The van der Waals surface area contributed by atoms with E-state index < -0.39 is 10.0 Å². The van der Waals surface area contributed by atoms with Crippen LogP contribution in [-0.4, -0.2) is 47.7 Å². The number of piperidine rings is 1. The molecule has 1 saturated heterocycles. The zero-order chi connectivity index (χ0) is 13.2. The third kappa shape index (κ3) is 2.57. The summed E-state index contributed by atoms with van der Waals surface area (Å²) < 4.78 is 26.4. The Bertz CT molecular complexity index is 495. The fourth-order valence-electron chi connectivity index (χ4n) is 2.40. The van der Waals surface area contributed by atoms with Crippen LogP contribution in [0.4, 0.5) is 0 Å². The van der Waals surface area contributed by atoms with Gasteiger partial charge in [-0.2, -0.15) is 9.40 Å². The Labute approximate surface area is 107 Å². The Morgan fingerprint density at radius 3 is 3.00 bits per heavy atom. The van der Waals surface area contributed by atoms with Gasteiger partial charge in [0.1, 0.15) is 4.90 Å². The lowest BCUT2D eigenvalue weighted by Gasteiger charge is -2.31. The summed E-state index contributed by atoms with van der Waals surface area (Å²) in [6.07, 6.45) is 3.86. The summed E-state index contributed by atoms with van der Waals surface area (Å²) in [4.78, 5) is 0.257. The lowest BCUT2D eigenvalue weighted by molar-refractivity contribution is 0.203. The highest BCUT2D eigenvalue weighted by Crippen LogP contribution is 2.25. The molecule has 2 N–H and O–H groups in total. The number of aromatic nitrogens is 2. The van der Waals surface area contributed by atoms with Crippen molar-refractivity contribution in [3.05, 3.63) is 11.9 Å². The minimum Gasteiger partial charge on any atom is -0.396 e. The van der Waals surface area contributed by atoms with Crippen molar-refractivity contribution >= 4 is 10.0 Å². The Kier molecular flexibility index (Phi) is 4.04. The van der Waals surface area contributed by atoms with Crippen molar-refractivity contribution in [2.75, 3.05) is 19.7 Å². The summed E-state index contributed by atoms with van der Waals surface area (Å²) in [6.45, 7) is 2.86. The largest absolute Gasteiger partial charge is 0.396 e. The average molecular weight is 273 g/mol. The van der Waals surface area contributed by atoms with Crippen molar-refractivity contribution in [2.24, 2.45) is 5.92 Å². The van der Waals surface area contributed by atoms with Crippen LogP contribution < -0.4 is 0 Å². The number of aromatic amines is 1. The third-order valence-electron chi connectivity index (χ3n) is 3.42. The minimum absolute atomic E-state index is 0.114. The van der Waals surface area contributed by atoms with Crippen molar-refractivity contribution in [1.82, 2.24) is 14.5 Å². The first-order valence-electron chi connectivity index (χ1n) is 6.16. The van der Waals surface area contributed by atoms with Crippen molar-refractivity contribution in [1.29, 1.82) is 0 Å². The molecule has 6 nitrogen and oxygen atoms in total. The van der Waals surface area contributed by atoms with Gasteiger partial charge >= 0.3 is 0 Å². The van der Waals surface area contributed by atoms with E-state index in [0.717, 1.165) is 12.8 Å². The normalized spacial score (nSPS) is 22.2. The molecule has 0 saturated carbocycles. The molecule has 7 heteroatoms. The quantitative estimate of drug-likeness (QED) is 0.836. The molecule has 2 heterocycles. The monoisotopic (exact) mass is 273 g/mol. The predicted octanol–water partition coefficient (Wildman–Crippen LogP) is 0.501. The summed E-state index contributed by atoms with van der Waals surface area (Å²) in [6, 6.07) is 0. The maximum atomic E-state index is 12.4. The molecule has 102 valence electrons. The van der Waals surface area contributed by atoms with E-state index in [1.807, 2.05) is 0 Å². The summed E-state index contributed by atoms with van der Waals surface area (Å²) in [7, 11) is -3.44. The van der Waals surface area contributed by atoms with Crippen molar-refractivity contribution in [2.45, 2.75) is 31.1 Å². The molecule has 1 aliphatic heterocycles. The van der Waals surface area contributed by atoms with E-state index in [2.05, 4.69) is 10.2 Å². The maximum Gasteiger partial charge on any atom is 0.246 e. The van der Waals surface area contributed by atoms with Crippen LogP contribution in [0.1, 0.15) is 25.0 Å². The van der Waals surface area contributed by atoms with Gasteiger partial charge in [0.2, 0.25) is 10.0 Å². The number of hydrogen-bond acceptors (Lipinski definition) is 4. The highest BCUT2D eigenvalue weighted by atomic mass is 32.2. The Morgan fingerprint density at radius 2 is 2.39 bits per heavy atom. The van der Waals surface area contributed by atoms with Crippen LogP contribution in [0.25, 0.3) is 0 Å². The fraction of sp³-hybridized carbons (Fsp3) is 0.727. The molecular formula is C11H19N3O3S. The fourth-order valence-corrected chi connectivity index (χ4v) is 4.08. The lowest BCUT2D eigenvalue weighted by Crippen LogP contribution is -2.40. The van der Waals surface area contributed by atoms with E-state index in [1.165, 1.54) is 10.5 Å². The Balaban J connectivity index is 2.18. The van der Waals surface area contributed by atoms with Gasteiger partial charge in [-0.3, -0.25) is 5.10 Å². The molecule has 2 rings (SSSR count). The molecule has 18 heavy (non-hydrogen) atoms. The van der Waals surface area contributed by atoms with Crippen LogP contribution in [0, 0.1) is 12.8 Å². The van der Waals surface area contributed by atoms with Gasteiger partial charge in [-0.15, -0.1) is 0 Å². The number of aliphatic hydroxyl groups excluding tert-OH is 1. The second kappa shape index (κ2) is 5.38. The first kappa shape index (κ1) is 13.5. The summed E-state index contributed by atoms with van der Waals surface area (Å²) in [5, 5.41) is 15.4. The summed E-state index contributed by atoms with van der Waals surface area (Å²) in [5.74, 6) is 0.255. The van der Waals surface area contributed by atoms with Crippen LogP contribution >= 0.6 is 0 Å². The number of aryl methyl sites for hydroxylation is 1. The van der Waals surface area contributed by atoms with Crippen LogP contribution in [0.15, 0.2) is 11.1 Å². The number of sulfonamides is 1. The SMILES string of the molecule is Cc1[nH]ncc1S(=O)(=O)N1CCCC(CCO)C1. The first-order chi connectivity index (χ1) is 8.55. The van der Waals surface area contributed by atoms with E-state index >= 15 is 0 Å². The molecule has 0 bridgehead atoms. The highest BCUT2D eigenvalue weighted by Gasteiger charge is 2.31. The van der Waals surface area contributed by atoms with Crippen molar-refractivity contribution in [3.63, 3.8) is 0 Å². The molecule has 0 aromatic carbocycles. The number of nitrogens with one attached hydrogen (secondary N) is 1. The summed E-state index contributed by atoms with van der Waals surface area (Å²) in [5.41, 5.74) is 0.569. The van der Waals surface area contributed by atoms with E-state index in [-0.39, 0.29) is 17.4 Å². The van der Waals surface area contributed by atoms with Gasteiger partial charge in [0.05, 0.1) is 11.9 Å². The maximum absolute atomic E-state index is 12.4. The molecule has 1 atom stereocenters. The van der Waals surface area contributed by atoms with Gasteiger partial charge in [0.15, 0.2) is 0 Å². The number of hydrogen-bond donors (Lipinski definition) is 2. The van der Waals surface area contributed by atoms with E-state index in [9.17, 15) is 8.42 Å². The smallest absolute Gasteiger partial charge is 0.246 e. The zero-order valence-electron chi connectivity index (χ0n) is 10.5. The van der Waals surface area contributed by atoms with Gasteiger partial charge < -0.3 is 5.11 Å². The van der Waals surface area contributed by atoms with Gasteiger partial charge in [-0.1, -0.05) is 0 Å².